The molecule has 0 heterocycles. The van der Waals surface area contributed by atoms with Crippen LogP contribution in [0.4, 0.5) is 8.78 Å². The molecule has 0 aromatic heterocycles. The van der Waals surface area contributed by atoms with Gasteiger partial charge in [-0.1, -0.05) is 6.07 Å². The highest BCUT2D eigenvalue weighted by Crippen LogP contribution is 2.29. The van der Waals surface area contributed by atoms with Gasteiger partial charge in [0.2, 0.25) is 0 Å². The topological polar surface area (TPSA) is 29.5 Å². The number of benzene rings is 2. The summed E-state index contributed by atoms with van der Waals surface area (Å²) < 4.78 is 32.2. The Bertz CT molecular complexity index is 595. The Morgan fingerprint density at radius 3 is 2.32 bits per heavy atom. The number of aliphatic hydroxyl groups excluding tert-OH is 1. The molecule has 0 saturated carbocycles. The van der Waals surface area contributed by atoms with Gasteiger partial charge in [0.1, 0.15) is 11.6 Å². The summed E-state index contributed by atoms with van der Waals surface area (Å²) in [4.78, 5) is 0. The zero-order valence-electron chi connectivity index (χ0n) is 10.7. The maximum absolute atomic E-state index is 13.8. The number of hydrogen-bond donors (Lipinski definition) is 1. The predicted octanol–water partition coefficient (Wildman–Crippen LogP) is 4.12. The zero-order valence-corrected chi connectivity index (χ0v) is 10.7. The Balaban J connectivity index is 2.28. The van der Waals surface area contributed by atoms with Crippen LogP contribution in [-0.2, 0) is 0 Å². The third kappa shape index (κ3) is 3.09. The minimum atomic E-state index is -0.740. The summed E-state index contributed by atoms with van der Waals surface area (Å²) >= 11 is 0. The van der Waals surface area contributed by atoms with Crippen molar-refractivity contribution in [3.05, 3.63) is 59.2 Å². The first-order valence-electron chi connectivity index (χ1n) is 5.89. The third-order valence-corrected chi connectivity index (χ3v) is 2.80. The quantitative estimate of drug-likeness (QED) is 0.903. The van der Waals surface area contributed by atoms with Gasteiger partial charge in [0.25, 0.3) is 0 Å². The fourth-order valence-electron chi connectivity index (χ4n) is 1.71. The van der Waals surface area contributed by atoms with Gasteiger partial charge in [-0.05, 0) is 55.3 Å². The van der Waals surface area contributed by atoms with Crippen molar-refractivity contribution >= 4 is 0 Å². The normalized spacial score (nSPS) is 12.3. The Morgan fingerprint density at radius 1 is 1.05 bits per heavy atom. The SMILES string of the molecule is Cc1cc(F)ccc1Oc1ccc([C@H](C)O)cc1F. The first kappa shape index (κ1) is 13.5. The number of ether oxygens (including phenoxy) is 1. The van der Waals surface area contributed by atoms with Crippen molar-refractivity contribution in [2.24, 2.45) is 0 Å². The van der Waals surface area contributed by atoms with Crippen molar-refractivity contribution in [3.63, 3.8) is 0 Å². The molecule has 0 spiro atoms. The Hall–Kier alpha value is -1.94. The maximum Gasteiger partial charge on any atom is 0.166 e. The van der Waals surface area contributed by atoms with E-state index in [2.05, 4.69) is 0 Å². The molecule has 0 aliphatic carbocycles. The highest BCUT2D eigenvalue weighted by atomic mass is 19.1. The molecule has 0 fully saturated rings. The van der Waals surface area contributed by atoms with Crippen LogP contribution in [0.1, 0.15) is 24.2 Å². The van der Waals surface area contributed by atoms with Gasteiger partial charge in [0, 0.05) is 0 Å². The Labute approximate surface area is 110 Å². The zero-order chi connectivity index (χ0) is 14.0. The van der Waals surface area contributed by atoms with E-state index in [1.54, 1.807) is 19.9 Å². The highest BCUT2D eigenvalue weighted by molar-refractivity contribution is 5.39. The van der Waals surface area contributed by atoms with Crippen LogP contribution >= 0.6 is 0 Å². The van der Waals surface area contributed by atoms with Crippen molar-refractivity contribution in [1.29, 1.82) is 0 Å². The lowest BCUT2D eigenvalue weighted by Gasteiger charge is -2.11. The van der Waals surface area contributed by atoms with Gasteiger partial charge in [-0.25, -0.2) is 8.78 Å². The van der Waals surface area contributed by atoms with Crippen molar-refractivity contribution in [2.45, 2.75) is 20.0 Å². The molecule has 0 radical (unpaired) electrons. The smallest absolute Gasteiger partial charge is 0.166 e. The van der Waals surface area contributed by atoms with E-state index in [-0.39, 0.29) is 11.6 Å². The van der Waals surface area contributed by atoms with Crippen molar-refractivity contribution in [1.82, 2.24) is 0 Å². The molecule has 19 heavy (non-hydrogen) atoms. The molecule has 1 N–H and O–H groups in total. The largest absolute Gasteiger partial charge is 0.454 e. The summed E-state index contributed by atoms with van der Waals surface area (Å²) in [7, 11) is 0. The van der Waals surface area contributed by atoms with Gasteiger partial charge >= 0.3 is 0 Å². The minimum Gasteiger partial charge on any atom is -0.454 e. The van der Waals surface area contributed by atoms with E-state index >= 15 is 0 Å². The molecule has 0 bridgehead atoms. The van der Waals surface area contributed by atoms with Crippen molar-refractivity contribution < 1.29 is 18.6 Å². The standard InChI is InChI=1S/C15H14F2O2/c1-9-7-12(16)4-6-14(9)19-15-5-3-11(10(2)18)8-13(15)17/h3-8,10,18H,1-2H3/t10-/m0/s1. The van der Waals surface area contributed by atoms with Gasteiger partial charge in [-0.2, -0.15) is 0 Å². The van der Waals surface area contributed by atoms with E-state index in [4.69, 9.17) is 4.74 Å². The molecule has 1 atom stereocenters. The first-order valence-corrected chi connectivity index (χ1v) is 5.89. The molecule has 2 rings (SSSR count). The lowest BCUT2D eigenvalue weighted by Crippen LogP contribution is -1.95. The number of rotatable bonds is 3. The van der Waals surface area contributed by atoms with E-state index < -0.39 is 11.9 Å². The number of halogens is 2. The van der Waals surface area contributed by atoms with Gasteiger partial charge in [0.05, 0.1) is 6.10 Å². The monoisotopic (exact) mass is 264 g/mol. The molecule has 2 aromatic rings. The van der Waals surface area contributed by atoms with Crippen molar-refractivity contribution in [2.75, 3.05) is 0 Å². The molecule has 2 nitrogen and oxygen atoms in total. The summed E-state index contributed by atoms with van der Waals surface area (Å²) in [5, 5.41) is 9.35. The fourth-order valence-corrected chi connectivity index (χ4v) is 1.71. The molecular weight excluding hydrogens is 250 g/mol. The average Bonchev–Trinajstić information content (AvgIpc) is 2.34. The molecule has 0 aliphatic heterocycles. The second-order valence-electron chi connectivity index (χ2n) is 4.38. The summed E-state index contributed by atoms with van der Waals surface area (Å²) in [6.07, 6.45) is -0.740. The molecule has 4 heteroatoms. The van der Waals surface area contributed by atoms with Crippen LogP contribution < -0.4 is 4.74 Å². The van der Waals surface area contributed by atoms with Crippen LogP contribution in [0.5, 0.6) is 11.5 Å². The van der Waals surface area contributed by atoms with Crippen LogP contribution in [0, 0.1) is 18.6 Å². The van der Waals surface area contributed by atoms with E-state index in [0.29, 0.717) is 16.9 Å². The van der Waals surface area contributed by atoms with E-state index in [1.165, 1.54) is 30.3 Å². The Kier molecular flexibility index (Phi) is 3.81. The summed E-state index contributed by atoms with van der Waals surface area (Å²) in [5.74, 6) is -0.499. The summed E-state index contributed by atoms with van der Waals surface area (Å²) in [5.41, 5.74) is 1.06. The molecule has 0 aliphatic rings. The first-order chi connectivity index (χ1) is 8.97. The number of aryl methyl sites for hydroxylation is 1. The lowest BCUT2D eigenvalue weighted by molar-refractivity contribution is 0.198. The predicted molar refractivity (Wildman–Crippen MR) is 68.2 cm³/mol. The number of aliphatic hydroxyl groups is 1. The average molecular weight is 264 g/mol. The summed E-state index contributed by atoms with van der Waals surface area (Å²) in [6, 6.07) is 8.27. The Morgan fingerprint density at radius 2 is 1.74 bits per heavy atom. The van der Waals surface area contributed by atoms with Gasteiger partial charge < -0.3 is 9.84 Å². The van der Waals surface area contributed by atoms with Crippen molar-refractivity contribution in [3.8, 4) is 11.5 Å². The lowest BCUT2D eigenvalue weighted by atomic mass is 10.1. The van der Waals surface area contributed by atoms with E-state index in [1.807, 2.05) is 0 Å². The molecule has 100 valence electrons. The van der Waals surface area contributed by atoms with E-state index in [9.17, 15) is 13.9 Å². The second kappa shape index (κ2) is 5.36. The van der Waals surface area contributed by atoms with Crippen LogP contribution in [-0.4, -0.2) is 5.11 Å². The molecular formula is C15H14F2O2. The highest BCUT2D eigenvalue weighted by Gasteiger charge is 2.10. The van der Waals surface area contributed by atoms with Crippen LogP contribution in [0.25, 0.3) is 0 Å². The number of hydrogen-bond acceptors (Lipinski definition) is 2. The van der Waals surface area contributed by atoms with Crippen LogP contribution in [0.3, 0.4) is 0 Å². The molecule has 0 saturated heterocycles. The molecule has 0 amide bonds. The van der Waals surface area contributed by atoms with Gasteiger partial charge in [-0.3, -0.25) is 0 Å². The van der Waals surface area contributed by atoms with Crippen LogP contribution in [0.2, 0.25) is 0 Å². The van der Waals surface area contributed by atoms with Crippen LogP contribution in [0.15, 0.2) is 36.4 Å². The maximum atomic E-state index is 13.8. The summed E-state index contributed by atoms with van der Waals surface area (Å²) in [6.45, 7) is 3.24. The van der Waals surface area contributed by atoms with Gasteiger partial charge in [0.15, 0.2) is 11.6 Å². The molecule has 0 unspecified atom stereocenters. The second-order valence-corrected chi connectivity index (χ2v) is 4.38. The fraction of sp³-hybridized carbons (Fsp3) is 0.200. The third-order valence-electron chi connectivity index (χ3n) is 2.80. The molecule has 2 aromatic carbocycles. The van der Waals surface area contributed by atoms with Gasteiger partial charge in [-0.15, -0.1) is 0 Å². The minimum absolute atomic E-state index is 0.0408. The van der Waals surface area contributed by atoms with E-state index in [0.717, 1.165) is 0 Å².